The first-order valence-electron chi connectivity index (χ1n) is 9.26. The molecule has 8 nitrogen and oxygen atoms in total. The van der Waals surface area contributed by atoms with E-state index in [1.165, 1.54) is 0 Å². The van der Waals surface area contributed by atoms with Gasteiger partial charge in [0.15, 0.2) is 17.5 Å². The van der Waals surface area contributed by atoms with Gasteiger partial charge in [0, 0.05) is 18.7 Å². The lowest BCUT2D eigenvalue weighted by molar-refractivity contribution is 0.324. The minimum atomic E-state index is 0.470. The molecule has 0 fully saturated rings. The topological polar surface area (TPSA) is 90.1 Å². The highest BCUT2D eigenvalue weighted by Gasteiger charge is 2.13. The molecule has 0 radical (unpaired) electrons. The van der Waals surface area contributed by atoms with Gasteiger partial charge in [0.2, 0.25) is 5.75 Å². The molecule has 1 aromatic carbocycles. The largest absolute Gasteiger partial charge is 0.493 e. The molecule has 1 aromatic heterocycles. The van der Waals surface area contributed by atoms with Gasteiger partial charge in [-0.1, -0.05) is 5.16 Å². The Morgan fingerprint density at radius 2 is 1.75 bits per heavy atom. The number of aliphatic imine (C=N–C) groups is 1. The van der Waals surface area contributed by atoms with Gasteiger partial charge in [0.05, 0.1) is 33.6 Å². The van der Waals surface area contributed by atoms with E-state index in [9.17, 15) is 0 Å². The third-order valence-corrected chi connectivity index (χ3v) is 4.34. The molecule has 0 atom stereocenters. The molecule has 0 aliphatic heterocycles. The molecular weight excluding hydrogens is 360 g/mol. The molecule has 1 heterocycles. The summed E-state index contributed by atoms with van der Waals surface area (Å²) in [7, 11) is 4.79. The highest BCUT2D eigenvalue weighted by Crippen LogP contribution is 2.38. The maximum atomic E-state index is 5.40. The molecule has 154 valence electrons. The van der Waals surface area contributed by atoms with Crippen LogP contribution >= 0.6 is 0 Å². The highest BCUT2D eigenvalue weighted by atomic mass is 16.5. The number of ether oxygens (including phenoxy) is 3. The Balaban J connectivity index is 2.07. The summed E-state index contributed by atoms with van der Waals surface area (Å²) in [6.07, 6.45) is 0.815. The number of rotatable bonds is 9. The summed E-state index contributed by atoms with van der Waals surface area (Å²) < 4.78 is 21.4. The predicted octanol–water partition coefficient (Wildman–Crippen LogP) is 2.62. The number of methoxy groups -OCH3 is 3. The average Bonchev–Trinajstić information content (AvgIpc) is 3.02. The van der Waals surface area contributed by atoms with Crippen LogP contribution in [0.2, 0.25) is 0 Å². The van der Waals surface area contributed by atoms with Crippen LogP contribution in [0.15, 0.2) is 21.6 Å². The summed E-state index contributed by atoms with van der Waals surface area (Å²) >= 11 is 0. The third kappa shape index (κ3) is 5.31. The van der Waals surface area contributed by atoms with Crippen molar-refractivity contribution in [2.24, 2.45) is 4.99 Å². The van der Waals surface area contributed by atoms with E-state index in [4.69, 9.17) is 18.7 Å². The summed E-state index contributed by atoms with van der Waals surface area (Å²) in [6.45, 7) is 7.88. The van der Waals surface area contributed by atoms with Crippen LogP contribution in [0.4, 0.5) is 0 Å². The summed E-state index contributed by atoms with van der Waals surface area (Å²) in [4.78, 5) is 4.66. The molecule has 0 saturated heterocycles. The van der Waals surface area contributed by atoms with Crippen LogP contribution < -0.4 is 24.8 Å². The SMILES string of the molecule is CCNC(=NCc1cc(OC)c(OC)c(OC)c1)NCCc1c(C)noc1C. The van der Waals surface area contributed by atoms with Crippen molar-refractivity contribution in [1.29, 1.82) is 0 Å². The number of hydrogen-bond acceptors (Lipinski definition) is 6. The molecule has 2 aromatic rings. The van der Waals surface area contributed by atoms with Crippen LogP contribution in [0, 0.1) is 13.8 Å². The minimum absolute atomic E-state index is 0.470. The first-order valence-corrected chi connectivity index (χ1v) is 9.26. The summed E-state index contributed by atoms with van der Waals surface area (Å²) in [5, 5.41) is 10.6. The monoisotopic (exact) mass is 390 g/mol. The first kappa shape index (κ1) is 21.4. The molecule has 28 heavy (non-hydrogen) atoms. The van der Waals surface area contributed by atoms with Crippen LogP contribution in [-0.4, -0.2) is 45.5 Å². The molecule has 0 unspecified atom stereocenters. The van der Waals surface area contributed by atoms with Crippen molar-refractivity contribution < 1.29 is 18.7 Å². The number of benzene rings is 1. The zero-order chi connectivity index (χ0) is 20.5. The molecular formula is C20H30N4O4. The van der Waals surface area contributed by atoms with E-state index in [1.54, 1.807) is 21.3 Å². The van der Waals surface area contributed by atoms with Crippen molar-refractivity contribution in [3.63, 3.8) is 0 Å². The van der Waals surface area contributed by atoms with Crippen LogP contribution in [0.3, 0.4) is 0 Å². The maximum Gasteiger partial charge on any atom is 0.203 e. The van der Waals surface area contributed by atoms with Crippen molar-refractivity contribution in [3.05, 3.63) is 34.7 Å². The Kier molecular flexibility index (Phi) is 7.98. The number of nitrogens with one attached hydrogen (secondary N) is 2. The number of nitrogens with zero attached hydrogens (tertiary/aromatic N) is 2. The highest BCUT2D eigenvalue weighted by molar-refractivity contribution is 5.79. The second kappa shape index (κ2) is 10.4. The van der Waals surface area contributed by atoms with Crippen LogP contribution in [0.25, 0.3) is 0 Å². The van der Waals surface area contributed by atoms with Gasteiger partial charge in [-0.3, -0.25) is 0 Å². The second-order valence-electron chi connectivity index (χ2n) is 6.21. The quantitative estimate of drug-likeness (QED) is 0.502. The van der Waals surface area contributed by atoms with Crippen LogP contribution in [-0.2, 0) is 13.0 Å². The molecule has 0 amide bonds. The lowest BCUT2D eigenvalue weighted by atomic mass is 10.1. The van der Waals surface area contributed by atoms with Crippen molar-refractivity contribution in [1.82, 2.24) is 15.8 Å². The molecule has 0 aliphatic rings. The van der Waals surface area contributed by atoms with Gasteiger partial charge in [-0.15, -0.1) is 0 Å². The average molecular weight is 390 g/mol. The van der Waals surface area contributed by atoms with Crippen molar-refractivity contribution in [2.45, 2.75) is 33.7 Å². The van der Waals surface area contributed by atoms with E-state index in [1.807, 2.05) is 32.9 Å². The van der Waals surface area contributed by atoms with Gasteiger partial charge < -0.3 is 29.4 Å². The van der Waals surface area contributed by atoms with Gasteiger partial charge in [-0.25, -0.2) is 4.99 Å². The fourth-order valence-electron chi connectivity index (χ4n) is 2.90. The van der Waals surface area contributed by atoms with E-state index in [2.05, 4.69) is 20.8 Å². The van der Waals surface area contributed by atoms with Gasteiger partial charge >= 0.3 is 0 Å². The lowest BCUT2D eigenvalue weighted by Crippen LogP contribution is -2.38. The minimum Gasteiger partial charge on any atom is -0.493 e. The molecule has 2 rings (SSSR count). The third-order valence-electron chi connectivity index (χ3n) is 4.34. The molecule has 0 aliphatic carbocycles. The molecule has 0 bridgehead atoms. The Labute approximate surface area is 166 Å². The van der Waals surface area contributed by atoms with E-state index in [-0.39, 0.29) is 0 Å². The van der Waals surface area contributed by atoms with E-state index >= 15 is 0 Å². The Morgan fingerprint density at radius 1 is 1.07 bits per heavy atom. The second-order valence-corrected chi connectivity index (χ2v) is 6.21. The molecule has 0 saturated carbocycles. The van der Waals surface area contributed by atoms with Crippen LogP contribution in [0.5, 0.6) is 17.2 Å². The fraction of sp³-hybridized carbons (Fsp3) is 0.500. The van der Waals surface area contributed by atoms with Crippen molar-refractivity contribution in [3.8, 4) is 17.2 Å². The van der Waals surface area contributed by atoms with E-state index < -0.39 is 0 Å². The molecule has 0 spiro atoms. The fourth-order valence-corrected chi connectivity index (χ4v) is 2.90. The van der Waals surface area contributed by atoms with Gasteiger partial charge in [0.25, 0.3) is 0 Å². The van der Waals surface area contributed by atoms with Crippen LogP contribution in [0.1, 0.15) is 29.5 Å². The van der Waals surface area contributed by atoms with E-state index in [0.29, 0.717) is 23.8 Å². The molecule has 2 N–H and O–H groups in total. The summed E-state index contributed by atoms with van der Waals surface area (Å²) in [5.74, 6) is 3.40. The lowest BCUT2D eigenvalue weighted by Gasteiger charge is -2.14. The number of hydrogen-bond donors (Lipinski definition) is 2. The number of aromatic nitrogens is 1. The number of guanidine groups is 1. The van der Waals surface area contributed by atoms with Gasteiger partial charge in [0.1, 0.15) is 5.76 Å². The van der Waals surface area contributed by atoms with Gasteiger partial charge in [-0.05, 0) is 44.9 Å². The zero-order valence-electron chi connectivity index (χ0n) is 17.5. The molecule has 8 heteroatoms. The summed E-state index contributed by atoms with van der Waals surface area (Å²) in [6, 6.07) is 3.80. The smallest absolute Gasteiger partial charge is 0.203 e. The zero-order valence-corrected chi connectivity index (χ0v) is 17.5. The number of aryl methyl sites for hydroxylation is 2. The van der Waals surface area contributed by atoms with Gasteiger partial charge in [-0.2, -0.15) is 0 Å². The first-order chi connectivity index (χ1) is 13.5. The van der Waals surface area contributed by atoms with Crippen molar-refractivity contribution in [2.75, 3.05) is 34.4 Å². The Hall–Kier alpha value is -2.90. The van der Waals surface area contributed by atoms with E-state index in [0.717, 1.165) is 48.1 Å². The maximum absolute atomic E-state index is 5.40. The predicted molar refractivity (Wildman–Crippen MR) is 109 cm³/mol. The Morgan fingerprint density at radius 3 is 2.25 bits per heavy atom. The standard InChI is InChI=1S/C20H30N4O4/c1-7-21-20(22-9-8-16-13(2)24-28-14(16)3)23-12-15-10-17(25-4)19(27-6)18(11-15)26-5/h10-11H,7-9,12H2,1-6H3,(H2,21,22,23). The Bertz CT molecular complexity index is 757. The van der Waals surface area contributed by atoms with Crippen molar-refractivity contribution >= 4 is 5.96 Å². The normalized spacial score (nSPS) is 11.3. The summed E-state index contributed by atoms with van der Waals surface area (Å²) in [5.41, 5.74) is 3.02.